The van der Waals surface area contributed by atoms with E-state index in [1.54, 1.807) is 12.5 Å². The summed E-state index contributed by atoms with van der Waals surface area (Å²) < 4.78 is 13.4. The van der Waals surface area contributed by atoms with E-state index >= 15 is 0 Å². The highest BCUT2D eigenvalue weighted by Gasteiger charge is 2.26. The van der Waals surface area contributed by atoms with Crippen molar-refractivity contribution in [3.63, 3.8) is 0 Å². The molecule has 0 spiro atoms. The molecule has 0 saturated carbocycles. The molecule has 1 fully saturated rings. The Balaban J connectivity index is 1.62. The first-order valence-corrected chi connectivity index (χ1v) is 8.42. The van der Waals surface area contributed by atoms with Gasteiger partial charge in [0.25, 0.3) is 0 Å². The van der Waals surface area contributed by atoms with Crippen molar-refractivity contribution in [3.05, 3.63) is 48.5 Å². The molecule has 1 saturated heterocycles. The SMILES string of the molecule is O=C(O)C[C@@H]1COCCN1Cc1ccccc1OCCn1ccnc1. The lowest BCUT2D eigenvalue weighted by Gasteiger charge is -2.35. The van der Waals surface area contributed by atoms with Gasteiger partial charge in [-0.1, -0.05) is 18.2 Å². The van der Waals surface area contributed by atoms with E-state index in [4.69, 9.17) is 14.6 Å². The number of carbonyl (C=O) groups is 1. The third kappa shape index (κ3) is 5.04. The van der Waals surface area contributed by atoms with Gasteiger partial charge in [0.15, 0.2) is 0 Å². The number of rotatable bonds is 8. The lowest BCUT2D eigenvalue weighted by molar-refractivity contribution is -0.140. The predicted molar refractivity (Wildman–Crippen MR) is 91.4 cm³/mol. The lowest BCUT2D eigenvalue weighted by atomic mass is 10.1. The number of imidazole rings is 1. The average Bonchev–Trinajstić information content (AvgIpc) is 3.11. The first-order valence-electron chi connectivity index (χ1n) is 8.42. The molecule has 1 aliphatic rings. The van der Waals surface area contributed by atoms with E-state index in [0.717, 1.165) is 24.4 Å². The highest BCUT2D eigenvalue weighted by atomic mass is 16.5. The van der Waals surface area contributed by atoms with Gasteiger partial charge in [-0.15, -0.1) is 0 Å². The van der Waals surface area contributed by atoms with E-state index in [0.29, 0.717) is 26.4 Å². The molecular formula is C18H23N3O4. The van der Waals surface area contributed by atoms with Crippen molar-refractivity contribution in [2.75, 3.05) is 26.4 Å². The summed E-state index contributed by atoms with van der Waals surface area (Å²) in [7, 11) is 0. The summed E-state index contributed by atoms with van der Waals surface area (Å²) in [5, 5.41) is 9.10. The Bertz CT molecular complexity index is 675. The second kappa shape index (κ2) is 8.64. The largest absolute Gasteiger partial charge is 0.491 e. The number of hydrogen-bond acceptors (Lipinski definition) is 5. The Morgan fingerprint density at radius 3 is 3.08 bits per heavy atom. The fraction of sp³-hybridized carbons (Fsp3) is 0.444. The Morgan fingerprint density at radius 2 is 2.28 bits per heavy atom. The minimum absolute atomic E-state index is 0.0870. The highest BCUT2D eigenvalue weighted by Crippen LogP contribution is 2.23. The topological polar surface area (TPSA) is 76.8 Å². The number of nitrogens with zero attached hydrogens (tertiary/aromatic N) is 3. The molecule has 1 N–H and O–H groups in total. The molecule has 2 aromatic rings. The maximum Gasteiger partial charge on any atom is 0.305 e. The standard InChI is InChI=1S/C18H23N3O4/c22-18(23)11-16-13-24-9-8-21(16)12-15-3-1-2-4-17(15)25-10-7-20-6-5-19-14-20/h1-6,14,16H,7-13H2,(H,22,23)/t16-/m1/s1. The first-order chi connectivity index (χ1) is 12.2. The van der Waals surface area contributed by atoms with Gasteiger partial charge in [-0.25, -0.2) is 4.98 Å². The molecule has 1 aromatic carbocycles. The number of benzene rings is 1. The minimum Gasteiger partial charge on any atom is -0.491 e. The van der Waals surface area contributed by atoms with Crippen molar-refractivity contribution >= 4 is 5.97 Å². The molecule has 0 unspecified atom stereocenters. The van der Waals surface area contributed by atoms with Gasteiger partial charge in [0.1, 0.15) is 12.4 Å². The van der Waals surface area contributed by atoms with E-state index in [1.807, 2.05) is 35.0 Å². The summed E-state index contributed by atoms with van der Waals surface area (Å²) in [4.78, 5) is 17.2. The van der Waals surface area contributed by atoms with Crippen LogP contribution in [0.5, 0.6) is 5.75 Å². The quantitative estimate of drug-likeness (QED) is 0.784. The van der Waals surface area contributed by atoms with Crippen molar-refractivity contribution < 1.29 is 19.4 Å². The fourth-order valence-electron chi connectivity index (χ4n) is 2.96. The van der Waals surface area contributed by atoms with Crippen LogP contribution in [0.15, 0.2) is 43.0 Å². The van der Waals surface area contributed by atoms with Crippen molar-refractivity contribution in [3.8, 4) is 5.75 Å². The second-order valence-electron chi connectivity index (χ2n) is 6.05. The molecule has 1 atom stereocenters. The zero-order chi connectivity index (χ0) is 17.5. The van der Waals surface area contributed by atoms with Crippen LogP contribution in [0.4, 0.5) is 0 Å². The predicted octanol–water partition coefficient (Wildman–Crippen LogP) is 1.64. The number of morpholine rings is 1. The van der Waals surface area contributed by atoms with E-state index in [2.05, 4.69) is 9.88 Å². The molecular weight excluding hydrogens is 322 g/mol. The van der Waals surface area contributed by atoms with Gasteiger partial charge >= 0.3 is 5.97 Å². The monoisotopic (exact) mass is 345 g/mol. The molecule has 7 nitrogen and oxygen atoms in total. The average molecular weight is 345 g/mol. The van der Waals surface area contributed by atoms with Crippen LogP contribution in [-0.4, -0.2) is 57.9 Å². The molecule has 1 aromatic heterocycles. The van der Waals surface area contributed by atoms with Crippen molar-refractivity contribution in [2.24, 2.45) is 0 Å². The van der Waals surface area contributed by atoms with Gasteiger partial charge in [0.05, 0.1) is 32.5 Å². The number of para-hydroxylation sites is 1. The van der Waals surface area contributed by atoms with Gasteiger partial charge in [0.2, 0.25) is 0 Å². The second-order valence-corrected chi connectivity index (χ2v) is 6.05. The summed E-state index contributed by atoms with van der Waals surface area (Å²) in [6.45, 7) is 3.74. The van der Waals surface area contributed by atoms with Crippen molar-refractivity contribution in [2.45, 2.75) is 25.6 Å². The summed E-state index contributed by atoms with van der Waals surface area (Å²) in [5.41, 5.74) is 1.06. The fourth-order valence-corrected chi connectivity index (χ4v) is 2.96. The molecule has 3 rings (SSSR count). The third-order valence-electron chi connectivity index (χ3n) is 4.27. The number of aromatic nitrogens is 2. The number of carboxylic acids is 1. The van der Waals surface area contributed by atoms with Crippen LogP contribution in [0, 0.1) is 0 Å². The normalized spacial score (nSPS) is 18.2. The molecule has 0 aliphatic carbocycles. The molecule has 0 bridgehead atoms. The molecule has 7 heteroatoms. The van der Waals surface area contributed by atoms with E-state index in [1.165, 1.54) is 0 Å². The molecule has 1 aliphatic heterocycles. The first kappa shape index (κ1) is 17.4. The molecule has 0 radical (unpaired) electrons. The summed E-state index contributed by atoms with van der Waals surface area (Å²) in [6.07, 6.45) is 5.50. The highest BCUT2D eigenvalue weighted by molar-refractivity contribution is 5.67. The van der Waals surface area contributed by atoms with Gasteiger partial charge in [0, 0.05) is 37.1 Å². The number of hydrogen-bond donors (Lipinski definition) is 1. The summed E-state index contributed by atoms with van der Waals surface area (Å²) in [6, 6.07) is 7.80. The number of carboxylic acid groups (broad SMARTS) is 1. The van der Waals surface area contributed by atoms with E-state index in [-0.39, 0.29) is 12.5 Å². The van der Waals surface area contributed by atoms with E-state index < -0.39 is 5.97 Å². The molecule has 0 amide bonds. The molecule has 25 heavy (non-hydrogen) atoms. The number of ether oxygens (including phenoxy) is 2. The van der Waals surface area contributed by atoms with Crippen molar-refractivity contribution in [1.29, 1.82) is 0 Å². The maximum atomic E-state index is 11.1. The number of aliphatic carboxylic acids is 1. The van der Waals surface area contributed by atoms with Gasteiger partial charge in [-0.3, -0.25) is 9.69 Å². The van der Waals surface area contributed by atoms with Crippen molar-refractivity contribution in [1.82, 2.24) is 14.5 Å². The third-order valence-corrected chi connectivity index (χ3v) is 4.27. The van der Waals surface area contributed by atoms with Crippen LogP contribution in [0.25, 0.3) is 0 Å². The van der Waals surface area contributed by atoms with Crippen LogP contribution in [0.3, 0.4) is 0 Å². The van der Waals surface area contributed by atoms with Crippen LogP contribution >= 0.6 is 0 Å². The summed E-state index contributed by atoms with van der Waals surface area (Å²) >= 11 is 0. The van der Waals surface area contributed by atoms with Gasteiger partial charge in [-0.05, 0) is 6.07 Å². The lowest BCUT2D eigenvalue weighted by Crippen LogP contribution is -2.45. The van der Waals surface area contributed by atoms with Crippen LogP contribution < -0.4 is 4.74 Å². The van der Waals surface area contributed by atoms with Gasteiger partial charge < -0.3 is 19.1 Å². The van der Waals surface area contributed by atoms with Gasteiger partial charge in [-0.2, -0.15) is 0 Å². The Kier molecular flexibility index (Phi) is 6.03. The minimum atomic E-state index is -0.801. The zero-order valence-electron chi connectivity index (χ0n) is 14.1. The Hall–Kier alpha value is -2.38. The van der Waals surface area contributed by atoms with Crippen LogP contribution in [0.2, 0.25) is 0 Å². The zero-order valence-corrected chi connectivity index (χ0v) is 14.1. The van der Waals surface area contributed by atoms with E-state index in [9.17, 15) is 4.79 Å². The Morgan fingerprint density at radius 1 is 1.40 bits per heavy atom. The molecule has 134 valence electrons. The van der Waals surface area contributed by atoms with Crippen LogP contribution in [-0.2, 0) is 22.6 Å². The Labute approximate surface area is 146 Å². The molecule has 2 heterocycles. The summed E-state index contributed by atoms with van der Waals surface area (Å²) in [5.74, 6) is 0.0357. The maximum absolute atomic E-state index is 11.1. The van der Waals surface area contributed by atoms with Crippen LogP contribution in [0.1, 0.15) is 12.0 Å². The smallest absolute Gasteiger partial charge is 0.305 e.